The molecule has 4 heteroatoms. The van der Waals surface area contributed by atoms with Gasteiger partial charge in [0.15, 0.2) is 11.6 Å². The molecule has 0 radical (unpaired) electrons. The van der Waals surface area contributed by atoms with Gasteiger partial charge in [-0.15, -0.1) is 0 Å². The number of anilines is 3. The molecule has 0 N–H and O–H groups in total. The molecule has 1 aromatic heterocycles. The van der Waals surface area contributed by atoms with Gasteiger partial charge in [-0.1, -0.05) is 30.3 Å². The molecule has 0 spiro atoms. The maximum absolute atomic E-state index is 4.79. The van der Waals surface area contributed by atoms with Gasteiger partial charge in [0.1, 0.15) is 0 Å². The van der Waals surface area contributed by atoms with E-state index in [9.17, 15) is 0 Å². The van der Waals surface area contributed by atoms with Crippen molar-refractivity contribution in [3.63, 3.8) is 0 Å². The maximum atomic E-state index is 4.79. The Morgan fingerprint density at radius 3 is 2.10 bits per heavy atom. The number of hydrogen-bond acceptors (Lipinski definition) is 4. The summed E-state index contributed by atoms with van der Waals surface area (Å²) in [5, 5.41) is 0. The molecule has 0 unspecified atom stereocenters. The molecule has 2 aromatic carbocycles. The summed E-state index contributed by atoms with van der Waals surface area (Å²) in [5.74, 6) is 1.87. The van der Waals surface area contributed by atoms with Crippen LogP contribution in [0.25, 0.3) is 11.0 Å². The molecule has 0 fully saturated rings. The molecule has 98 valence electrons. The Morgan fingerprint density at radius 2 is 1.40 bits per heavy atom. The second-order valence-corrected chi connectivity index (χ2v) is 4.96. The lowest BCUT2D eigenvalue weighted by molar-refractivity contribution is 0.937. The Kier molecular flexibility index (Phi) is 2.36. The van der Waals surface area contributed by atoms with Crippen molar-refractivity contribution in [3.8, 4) is 0 Å². The summed E-state index contributed by atoms with van der Waals surface area (Å²) in [7, 11) is 2.05. The third kappa shape index (κ3) is 1.61. The monoisotopic (exact) mass is 262 g/mol. The van der Waals surface area contributed by atoms with Crippen LogP contribution in [0.3, 0.4) is 0 Å². The van der Waals surface area contributed by atoms with Crippen LogP contribution in [0.1, 0.15) is 0 Å². The van der Waals surface area contributed by atoms with Crippen molar-refractivity contribution >= 4 is 28.4 Å². The largest absolute Gasteiger partial charge is 0.338 e. The van der Waals surface area contributed by atoms with E-state index in [1.807, 2.05) is 49.5 Å². The van der Waals surface area contributed by atoms with Crippen LogP contribution in [0.4, 0.5) is 17.3 Å². The van der Waals surface area contributed by atoms with Gasteiger partial charge < -0.3 is 9.80 Å². The van der Waals surface area contributed by atoms with Gasteiger partial charge in [0.05, 0.1) is 17.7 Å². The predicted molar refractivity (Wildman–Crippen MR) is 81.4 cm³/mol. The van der Waals surface area contributed by atoms with Crippen LogP contribution in [-0.2, 0) is 0 Å². The Morgan fingerprint density at radius 1 is 0.800 bits per heavy atom. The molecular formula is C16H14N4. The van der Waals surface area contributed by atoms with Gasteiger partial charge in [0.2, 0.25) is 0 Å². The van der Waals surface area contributed by atoms with Gasteiger partial charge in [-0.05, 0) is 24.3 Å². The van der Waals surface area contributed by atoms with Crippen LogP contribution in [0.5, 0.6) is 0 Å². The van der Waals surface area contributed by atoms with Crippen LogP contribution in [0, 0.1) is 0 Å². The first-order valence-corrected chi connectivity index (χ1v) is 6.63. The van der Waals surface area contributed by atoms with E-state index in [0.717, 1.165) is 35.0 Å². The highest BCUT2D eigenvalue weighted by Crippen LogP contribution is 2.37. The number of benzene rings is 2. The SMILES string of the molecule is CN1CN(c2ccccc2)c2nc3ccccc3nc21. The van der Waals surface area contributed by atoms with Gasteiger partial charge in [-0.3, -0.25) is 0 Å². The first-order chi connectivity index (χ1) is 9.83. The molecule has 20 heavy (non-hydrogen) atoms. The van der Waals surface area contributed by atoms with Crippen LogP contribution in [0.15, 0.2) is 54.6 Å². The molecular weight excluding hydrogens is 248 g/mol. The summed E-state index contributed by atoms with van der Waals surface area (Å²) in [6.45, 7) is 0.773. The molecule has 0 saturated heterocycles. The zero-order valence-corrected chi connectivity index (χ0v) is 11.2. The lowest BCUT2D eigenvalue weighted by Gasteiger charge is -2.17. The molecule has 0 bridgehead atoms. The van der Waals surface area contributed by atoms with Crippen molar-refractivity contribution in [2.45, 2.75) is 0 Å². The number of aromatic nitrogens is 2. The first-order valence-electron chi connectivity index (χ1n) is 6.63. The summed E-state index contributed by atoms with van der Waals surface area (Å²) in [4.78, 5) is 13.8. The highest BCUT2D eigenvalue weighted by atomic mass is 15.4. The van der Waals surface area contributed by atoms with Crippen molar-refractivity contribution in [2.75, 3.05) is 23.5 Å². The summed E-state index contributed by atoms with van der Waals surface area (Å²) in [6.07, 6.45) is 0. The van der Waals surface area contributed by atoms with E-state index in [4.69, 9.17) is 9.97 Å². The molecule has 0 saturated carbocycles. The number of hydrogen-bond donors (Lipinski definition) is 0. The van der Waals surface area contributed by atoms with E-state index in [0.29, 0.717) is 0 Å². The second-order valence-electron chi connectivity index (χ2n) is 4.96. The van der Waals surface area contributed by atoms with Gasteiger partial charge in [-0.25, -0.2) is 9.97 Å². The summed E-state index contributed by atoms with van der Waals surface area (Å²) in [6, 6.07) is 18.3. The van der Waals surface area contributed by atoms with E-state index in [2.05, 4.69) is 21.9 Å². The molecule has 4 nitrogen and oxygen atoms in total. The predicted octanol–water partition coefficient (Wildman–Crippen LogP) is 3.18. The minimum atomic E-state index is 0.773. The second kappa shape index (κ2) is 4.20. The quantitative estimate of drug-likeness (QED) is 0.674. The van der Waals surface area contributed by atoms with Gasteiger partial charge in [0.25, 0.3) is 0 Å². The smallest absolute Gasteiger partial charge is 0.178 e. The van der Waals surface area contributed by atoms with Crippen LogP contribution >= 0.6 is 0 Å². The normalized spacial score (nSPS) is 13.8. The Labute approximate surface area is 117 Å². The third-order valence-corrected chi connectivity index (χ3v) is 3.57. The average Bonchev–Trinajstić information content (AvgIpc) is 2.83. The minimum absolute atomic E-state index is 0.773. The van der Waals surface area contributed by atoms with Crippen molar-refractivity contribution in [3.05, 3.63) is 54.6 Å². The fraction of sp³-hybridized carbons (Fsp3) is 0.125. The zero-order chi connectivity index (χ0) is 13.5. The van der Waals surface area contributed by atoms with Crippen LogP contribution in [0.2, 0.25) is 0 Å². The summed E-state index contributed by atoms with van der Waals surface area (Å²) < 4.78 is 0. The fourth-order valence-corrected chi connectivity index (χ4v) is 2.58. The molecule has 0 amide bonds. The van der Waals surface area contributed by atoms with E-state index in [-0.39, 0.29) is 0 Å². The Hall–Kier alpha value is -2.62. The van der Waals surface area contributed by atoms with Crippen LogP contribution < -0.4 is 9.80 Å². The summed E-state index contributed by atoms with van der Waals surface area (Å²) in [5.41, 5.74) is 3.01. The lowest BCUT2D eigenvalue weighted by atomic mass is 10.3. The molecule has 1 aliphatic heterocycles. The van der Waals surface area contributed by atoms with Gasteiger partial charge in [0, 0.05) is 12.7 Å². The summed E-state index contributed by atoms with van der Waals surface area (Å²) >= 11 is 0. The standard InChI is InChI=1S/C16H14N4/c1-19-11-20(12-7-3-2-4-8-12)16-15(19)17-13-9-5-6-10-14(13)18-16/h2-10H,11H2,1H3. The first kappa shape index (κ1) is 11.2. The molecule has 4 rings (SSSR count). The average molecular weight is 262 g/mol. The van der Waals surface area contributed by atoms with Crippen molar-refractivity contribution < 1.29 is 0 Å². The Balaban J connectivity index is 1.92. The zero-order valence-electron chi connectivity index (χ0n) is 11.2. The van der Waals surface area contributed by atoms with Gasteiger partial charge >= 0.3 is 0 Å². The van der Waals surface area contributed by atoms with Crippen molar-refractivity contribution in [1.82, 2.24) is 9.97 Å². The Bertz CT molecular complexity index is 770. The maximum Gasteiger partial charge on any atom is 0.178 e. The van der Waals surface area contributed by atoms with Crippen molar-refractivity contribution in [1.29, 1.82) is 0 Å². The van der Waals surface area contributed by atoms with E-state index < -0.39 is 0 Å². The van der Waals surface area contributed by atoms with E-state index in [1.165, 1.54) is 0 Å². The van der Waals surface area contributed by atoms with Crippen molar-refractivity contribution in [2.24, 2.45) is 0 Å². The molecule has 3 aromatic rings. The fourth-order valence-electron chi connectivity index (χ4n) is 2.58. The third-order valence-electron chi connectivity index (χ3n) is 3.57. The van der Waals surface area contributed by atoms with Crippen LogP contribution in [-0.4, -0.2) is 23.7 Å². The number of rotatable bonds is 1. The lowest BCUT2D eigenvalue weighted by Crippen LogP contribution is -2.24. The molecule has 0 aliphatic carbocycles. The van der Waals surface area contributed by atoms with Gasteiger partial charge in [-0.2, -0.15) is 0 Å². The highest BCUT2D eigenvalue weighted by molar-refractivity contribution is 5.85. The molecule has 2 heterocycles. The topological polar surface area (TPSA) is 32.3 Å². The highest BCUT2D eigenvalue weighted by Gasteiger charge is 2.27. The number of fused-ring (bicyclic) bond motifs is 2. The minimum Gasteiger partial charge on any atom is -0.338 e. The molecule has 1 aliphatic rings. The van der Waals surface area contributed by atoms with E-state index in [1.54, 1.807) is 0 Å². The number of nitrogens with zero attached hydrogens (tertiary/aromatic N) is 4. The molecule has 0 atom stereocenters. The van der Waals surface area contributed by atoms with E-state index >= 15 is 0 Å². The number of para-hydroxylation sites is 3.